The molecule has 2 N–H and O–H groups in total. The highest BCUT2D eigenvalue weighted by atomic mass is 16.4. The Morgan fingerprint density at radius 2 is 2.10 bits per heavy atom. The molecule has 0 saturated heterocycles. The molecule has 0 spiro atoms. The summed E-state index contributed by atoms with van der Waals surface area (Å²) in [4.78, 5) is 15.6. The first-order chi connectivity index (χ1) is 10.2. The number of fused-ring (bicyclic) bond motifs is 1. The summed E-state index contributed by atoms with van der Waals surface area (Å²) in [5.74, 6) is -0.358. The van der Waals surface area contributed by atoms with Gasteiger partial charge in [0, 0.05) is 11.9 Å². The van der Waals surface area contributed by atoms with Crippen molar-refractivity contribution in [2.24, 2.45) is 0 Å². The van der Waals surface area contributed by atoms with Crippen molar-refractivity contribution in [2.75, 3.05) is 5.32 Å². The summed E-state index contributed by atoms with van der Waals surface area (Å²) in [6.07, 6.45) is 3.52. The van der Waals surface area contributed by atoms with E-state index >= 15 is 0 Å². The molecule has 0 unspecified atom stereocenters. The number of carbonyl (C=O) groups is 1. The monoisotopic (exact) mass is 282 g/mol. The van der Waals surface area contributed by atoms with Crippen LogP contribution in [0.25, 0.3) is 5.52 Å². The van der Waals surface area contributed by atoms with E-state index in [1.807, 2.05) is 37.3 Å². The highest BCUT2D eigenvalue weighted by Gasteiger charge is 2.18. The zero-order valence-electron chi connectivity index (χ0n) is 11.4. The van der Waals surface area contributed by atoms with Gasteiger partial charge in [-0.25, -0.2) is 14.3 Å². The summed E-state index contributed by atoms with van der Waals surface area (Å²) in [6, 6.07) is 9.61. The average Bonchev–Trinajstić information content (AvgIpc) is 2.88. The Morgan fingerprint density at radius 3 is 2.76 bits per heavy atom. The summed E-state index contributed by atoms with van der Waals surface area (Å²) >= 11 is 0. The molecule has 3 rings (SSSR count). The molecule has 106 valence electrons. The van der Waals surface area contributed by atoms with E-state index in [2.05, 4.69) is 15.4 Å². The number of benzene rings is 1. The zero-order chi connectivity index (χ0) is 14.8. The number of nitrogens with zero attached hydrogens (tertiary/aromatic N) is 3. The number of hydrogen-bond donors (Lipinski definition) is 2. The number of para-hydroxylation sites is 1. The molecule has 3 aromatic rings. The van der Waals surface area contributed by atoms with Crippen molar-refractivity contribution in [1.82, 2.24) is 14.6 Å². The maximum atomic E-state index is 11.3. The summed E-state index contributed by atoms with van der Waals surface area (Å²) < 4.78 is 1.56. The first kappa shape index (κ1) is 13.1. The summed E-state index contributed by atoms with van der Waals surface area (Å²) in [5.41, 5.74) is 2.56. The van der Waals surface area contributed by atoms with Crippen molar-refractivity contribution >= 4 is 23.0 Å². The summed E-state index contributed by atoms with van der Waals surface area (Å²) in [7, 11) is 0. The fourth-order valence-corrected chi connectivity index (χ4v) is 2.37. The van der Waals surface area contributed by atoms with Crippen LogP contribution < -0.4 is 5.32 Å². The molecule has 0 aliphatic heterocycles. The van der Waals surface area contributed by atoms with Crippen LogP contribution in [0.15, 0.2) is 42.9 Å². The summed E-state index contributed by atoms with van der Waals surface area (Å²) in [6.45, 7) is 1.92. The molecule has 6 heteroatoms. The minimum absolute atomic E-state index is 0.258. The number of nitrogens with one attached hydrogen (secondary N) is 1. The van der Waals surface area contributed by atoms with E-state index in [0.717, 1.165) is 11.3 Å². The number of carboxylic acid groups (broad SMARTS) is 1. The minimum Gasteiger partial charge on any atom is -0.478 e. The molecule has 2 aromatic heterocycles. The van der Waals surface area contributed by atoms with Crippen LogP contribution in [-0.2, 0) is 6.42 Å². The second-order valence-corrected chi connectivity index (χ2v) is 4.57. The lowest BCUT2D eigenvalue weighted by Gasteiger charge is -2.08. The van der Waals surface area contributed by atoms with Gasteiger partial charge in [-0.15, -0.1) is 0 Å². The Kier molecular flexibility index (Phi) is 3.27. The van der Waals surface area contributed by atoms with E-state index in [1.54, 1.807) is 4.52 Å². The normalized spacial score (nSPS) is 10.7. The van der Waals surface area contributed by atoms with Gasteiger partial charge in [-0.1, -0.05) is 25.1 Å². The van der Waals surface area contributed by atoms with Crippen molar-refractivity contribution in [1.29, 1.82) is 0 Å². The third kappa shape index (κ3) is 2.31. The maximum Gasteiger partial charge on any atom is 0.337 e. The number of carboxylic acids is 1. The molecule has 6 nitrogen and oxygen atoms in total. The van der Waals surface area contributed by atoms with E-state index in [4.69, 9.17) is 0 Å². The second kappa shape index (κ2) is 5.24. The van der Waals surface area contributed by atoms with Crippen LogP contribution in [0.1, 0.15) is 22.8 Å². The first-order valence-corrected chi connectivity index (χ1v) is 6.61. The molecular weight excluding hydrogens is 268 g/mol. The molecule has 0 saturated carbocycles. The minimum atomic E-state index is -0.956. The standard InChI is InChI=1S/C15H14N4O2/c1-2-11-12(15(20)21)8-19-13(11)14(16-9-17-19)18-10-6-4-3-5-7-10/h3-9H,2H2,1H3,(H,20,21)(H,16,17,18). The van der Waals surface area contributed by atoms with Crippen LogP contribution in [-0.4, -0.2) is 25.7 Å². The Morgan fingerprint density at radius 1 is 1.33 bits per heavy atom. The van der Waals surface area contributed by atoms with Gasteiger partial charge in [0.05, 0.1) is 5.56 Å². The summed E-state index contributed by atoms with van der Waals surface area (Å²) in [5, 5.41) is 16.6. The lowest BCUT2D eigenvalue weighted by Crippen LogP contribution is -2.01. The van der Waals surface area contributed by atoms with E-state index in [9.17, 15) is 9.90 Å². The molecule has 0 atom stereocenters. The van der Waals surface area contributed by atoms with Crippen molar-refractivity contribution in [3.05, 3.63) is 54.0 Å². The van der Waals surface area contributed by atoms with Gasteiger partial charge in [-0.3, -0.25) is 0 Å². The van der Waals surface area contributed by atoms with E-state index in [1.165, 1.54) is 12.5 Å². The van der Waals surface area contributed by atoms with Crippen LogP contribution >= 0.6 is 0 Å². The molecule has 1 aromatic carbocycles. The number of rotatable bonds is 4. The molecule has 0 aliphatic rings. The molecule has 0 aliphatic carbocycles. The van der Waals surface area contributed by atoms with E-state index in [0.29, 0.717) is 17.8 Å². The Balaban J connectivity index is 2.17. The third-order valence-electron chi connectivity index (χ3n) is 3.30. The third-order valence-corrected chi connectivity index (χ3v) is 3.30. The molecule has 21 heavy (non-hydrogen) atoms. The number of aromatic carboxylic acids is 1. The number of anilines is 2. The van der Waals surface area contributed by atoms with Gasteiger partial charge in [-0.05, 0) is 24.1 Å². The first-order valence-electron chi connectivity index (χ1n) is 6.61. The maximum absolute atomic E-state index is 11.3. The van der Waals surface area contributed by atoms with Crippen LogP contribution in [0.3, 0.4) is 0 Å². The average molecular weight is 282 g/mol. The highest BCUT2D eigenvalue weighted by molar-refractivity contribution is 5.94. The smallest absolute Gasteiger partial charge is 0.337 e. The largest absolute Gasteiger partial charge is 0.478 e. The van der Waals surface area contributed by atoms with Crippen molar-refractivity contribution in [3.8, 4) is 0 Å². The van der Waals surface area contributed by atoms with Gasteiger partial charge in [-0.2, -0.15) is 5.10 Å². The predicted octanol–water partition coefficient (Wildman–Crippen LogP) is 2.73. The number of aromatic nitrogens is 3. The van der Waals surface area contributed by atoms with Crippen LogP contribution in [0.2, 0.25) is 0 Å². The lowest BCUT2D eigenvalue weighted by atomic mass is 10.1. The SMILES string of the molecule is CCc1c(C(=O)O)cn2ncnc(Nc3ccccc3)c12. The lowest BCUT2D eigenvalue weighted by molar-refractivity contribution is 0.0696. The van der Waals surface area contributed by atoms with Crippen molar-refractivity contribution < 1.29 is 9.90 Å². The van der Waals surface area contributed by atoms with Gasteiger partial charge in [0.25, 0.3) is 0 Å². The van der Waals surface area contributed by atoms with Gasteiger partial charge in [0.2, 0.25) is 0 Å². The predicted molar refractivity (Wildman–Crippen MR) is 79.0 cm³/mol. The van der Waals surface area contributed by atoms with E-state index in [-0.39, 0.29) is 5.56 Å². The number of aryl methyl sites for hydroxylation is 1. The Labute approximate surface area is 121 Å². The zero-order valence-corrected chi connectivity index (χ0v) is 11.4. The van der Waals surface area contributed by atoms with Gasteiger partial charge in [0.1, 0.15) is 11.8 Å². The van der Waals surface area contributed by atoms with Gasteiger partial charge in [0.15, 0.2) is 5.82 Å². The van der Waals surface area contributed by atoms with Gasteiger partial charge >= 0.3 is 5.97 Å². The topological polar surface area (TPSA) is 79.5 Å². The molecule has 2 heterocycles. The second-order valence-electron chi connectivity index (χ2n) is 4.57. The van der Waals surface area contributed by atoms with Crippen molar-refractivity contribution in [2.45, 2.75) is 13.3 Å². The molecular formula is C15H14N4O2. The van der Waals surface area contributed by atoms with Crippen LogP contribution in [0.4, 0.5) is 11.5 Å². The quantitative estimate of drug-likeness (QED) is 0.769. The Bertz CT molecular complexity index is 796. The molecule has 0 radical (unpaired) electrons. The van der Waals surface area contributed by atoms with Crippen LogP contribution in [0.5, 0.6) is 0 Å². The number of hydrogen-bond acceptors (Lipinski definition) is 4. The molecule has 0 amide bonds. The fraction of sp³-hybridized carbons (Fsp3) is 0.133. The van der Waals surface area contributed by atoms with Gasteiger partial charge < -0.3 is 10.4 Å². The fourth-order valence-electron chi connectivity index (χ4n) is 2.37. The van der Waals surface area contributed by atoms with Crippen molar-refractivity contribution in [3.63, 3.8) is 0 Å². The molecule has 0 fully saturated rings. The Hall–Kier alpha value is -2.89. The van der Waals surface area contributed by atoms with Crippen LogP contribution in [0, 0.1) is 0 Å². The highest BCUT2D eigenvalue weighted by Crippen LogP contribution is 2.26. The molecule has 0 bridgehead atoms. The van der Waals surface area contributed by atoms with E-state index < -0.39 is 5.97 Å².